The van der Waals surface area contributed by atoms with Crippen molar-refractivity contribution in [1.82, 2.24) is 0 Å². The van der Waals surface area contributed by atoms with Crippen LogP contribution in [0.4, 0.5) is 0 Å². The molecule has 1 aliphatic carbocycles. The Labute approximate surface area is 234 Å². The van der Waals surface area contributed by atoms with E-state index in [1.165, 1.54) is 0 Å². The lowest BCUT2D eigenvalue weighted by atomic mass is 9.84. The number of rotatable bonds is 12. The SMILES string of the molecule is CCCCCCC(=O)OCC1OC(OC2C(N)CC(N)C(OC3OC(CN)C(O)CC3N)C2O)C(O)C(N)C1O. The summed E-state index contributed by atoms with van der Waals surface area (Å²) in [5.74, 6) is -0.435. The second kappa shape index (κ2) is 15.4. The van der Waals surface area contributed by atoms with Crippen molar-refractivity contribution in [2.45, 2.75) is 137 Å². The summed E-state index contributed by atoms with van der Waals surface area (Å²) in [7, 11) is 0. The second-order valence-electron chi connectivity index (χ2n) is 11.1. The van der Waals surface area contributed by atoms with Crippen molar-refractivity contribution in [2.24, 2.45) is 28.7 Å². The Morgan fingerprint density at radius 3 is 2.05 bits per heavy atom. The van der Waals surface area contributed by atoms with Gasteiger partial charge in [-0.1, -0.05) is 26.2 Å². The van der Waals surface area contributed by atoms with E-state index in [2.05, 4.69) is 6.92 Å². The Hall–Kier alpha value is -1.05. The number of esters is 1. The average Bonchev–Trinajstić information content (AvgIpc) is 2.91. The minimum absolute atomic E-state index is 0.0436. The van der Waals surface area contributed by atoms with E-state index in [-0.39, 0.29) is 32.4 Å². The number of nitrogens with two attached hydrogens (primary N) is 5. The Balaban J connectivity index is 1.62. The predicted octanol–water partition coefficient (Wildman–Crippen LogP) is -3.77. The van der Waals surface area contributed by atoms with Crippen molar-refractivity contribution in [3.05, 3.63) is 0 Å². The number of carbonyl (C=O) groups is 1. The van der Waals surface area contributed by atoms with Gasteiger partial charge in [0.1, 0.15) is 43.2 Å². The van der Waals surface area contributed by atoms with Crippen LogP contribution in [0.2, 0.25) is 0 Å². The third-order valence-corrected chi connectivity index (χ3v) is 7.88. The molecular weight excluding hydrogens is 530 g/mol. The Kier molecular flexibility index (Phi) is 12.9. The van der Waals surface area contributed by atoms with Gasteiger partial charge in [0.25, 0.3) is 0 Å². The molecule has 2 heterocycles. The normalized spacial score (nSPS) is 44.4. The maximum absolute atomic E-state index is 12.1. The molecule has 14 unspecified atom stereocenters. The molecule has 2 saturated heterocycles. The van der Waals surface area contributed by atoms with Crippen LogP contribution in [-0.2, 0) is 28.5 Å². The summed E-state index contributed by atoms with van der Waals surface area (Å²) in [5.41, 5.74) is 30.3. The Bertz CT molecular complexity index is 786. The maximum Gasteiger partial charge on any atom is 0.305 e. The third-order valence-electron chi connectivity index (χ3n) is 7.88. The number of aliphatic hydroxyl groups is 4. The molecular formula is C25H49N5O10. The zero-order valence-electron chi connectivity index (χ0n) is 23.1. The van der Waals surface area contributed by atoms with Crippen molar-refractivity contribution in [3.8, 4) is 0 Å². The molecule has 0 amide bonds. The first-order valence-electron chi connectivity index (χ1n) is 14.2. The lowest BCUT2D eigenvalue weighted by molar-refractivity contribution is -0.315. The maximum atomic E-state index is 12.1. The van der Waals surface area contributed by atoms with Crippen LogP contribution in [0.3, 0.4) is 0 Å². The van der Waals surface area contributed by atoms with Crippen molar-refractivity contribution in [3.63, 3.8) is 0 Å². The number of carbonyl (C=O) groups excluding carboxylic acids is 1. The summed E-state index contributed by atoms with van der Waals surface area (Å²) in [6.07, 6.45) is -7.15. The van der Waals surface area contributed by atoms with Crippen LogP contribution in [0, 0.1) is 0 Å². The first-order chi connectivity index (χ1) is 19.0. The molecule has 0 bridgehead atoms. The summed E-state index contributed by atoms with van der Waals surface area (Å²) in [6.45, 7) is 1.82. The number of hydrogen-bond donors (Lipinski definition) is 9. The fourth-order valence-corrected chi connectivity index (χ4v) is 5.36. The standard InChI is InChI=1S/C25H49N5O10/c1-2-3-4-5-6-17(32)36-10-16-19(33)18(30)20(34)25(38-16)40-23-12(28)7-11(27)22(21(23)35)39-24-13(29)8-14(31)15(9-26)37-24/h11-16,18-25,31,33-35H,2-10,26-30H2,1H3. The minimum atomic E-state index is -1.48. The van der Waals surface area contributed by atoms with Gasteiger partial charge in [0.05, 0.1) is 24.3 Å². The van der Waals surface area contributed by atoms with Gasteiger partial charge in [0.15, 0.2) is 12.6 Å². The van der Waals surface area contributed by atoms with Gasteiger partial charge < -0.3 is 72.8 Å². The smallest absolute Gasteiger partial charge is 0.305 e. The summed E-state index contributed by atoms with van der Waals surface area (Å²) in [5, 5.41) is 42.5. The van der Waals surface area contributed by atoms with E-state index in [1.807, 2.05) is 0 Å². The van der Waals surface area contributed by atoms with Crippen LogP contribution < -0.4 is 28.7 Å². The zero-order valence-corrected chi connectivity index (χ0v) is 23.1. The molecule has 0 aromatic heterocycles. The predicted molar refractivity (Wildman–Crippen MR) is 141 cm³/mol. The van der Waals surface area contributed by atoms with E-state index in [0.717, 1.165) is 19.3 Å². The molecule has 40 heavy (non-hydrogen) atoms. The fourth-order valence-electron chi connectivity index (χ4n) is 5.36. The zero-order chi connectivity index (χ0) is 29.6. The van der Waals surface area contributed by atoms with E-state index >= 15 is 0 Å². The molecule has 3 rings (SSSR count). The van der Waals surface area contributed by atoms with Gasteiger partial charge in [-0.2, -0.15) is 0 Å². The summed E-state index contributed by atoms with van der Waals surface area (Å²) in [4.78, 5) is 12.1. The monoisotopic (exact) mass is 579 g/mol. The molecule has 2 aliphatic heterocycles. The summed E-state index contributed by atoms with van der Waals surface area (Å²) < 4.78 is 28.6. The lowest BCUT2D eigenvalue weighted by Crippen LogP contribution is -2.68. The highest BCUT2D eigenvalue weighted by molar-refractivity contribution is 5.69. The molecule has 0 aromatic rings. The van der Waals surface area contributed by atoms with Crippen LogP contribution in [0.5, 0.6) is 0 Å². The van der Waals surface area contributed by atoms with Crippen LogP contribution in [0.25, 0.3) is 0 Å². The quantitative estimate of drug-likeness (QED) is 0.0792. The fraction of sp³-hybridized carbons (Fsp3) is 0.960. The largest absolute Gasteiger partial charge is 0.463 e. The van der Waals surface area contributed by atoms with Gasteiger partial charge in [-0.3, -0.25) is 4.79 Å². The number of aliphatic hydroxyl groups excluding tert-OH is 4. The molecule has 0 spiro atoms. The lowest BCUT2D eigenvalue weighted by Gasteiger charge is -2.47. The van der Waals surface area contributed by atoms with E-state index < -0.39 is 91.5 Å². The molecule has 1 saturated carbocycles. The highest BCUT2D eigenvalue weighted by atomic mass is 16.7. The van der Waals surface area contributed by atoms with Crippen LogP contribution in [0.1, 0.15) is 51.9 Å². The number of hydrogen-bond acceptors (Lipinski definition) is 15. The Morgan fingerprint density at radius 1 is 0.800 bits per heavy atom. The highest BCUT2D eigenvalue weighted by Gasteiger charge is 2.50. The molecule has 15 heteroatoms. The topological polar surface area (TPSA) is 274 Å². The molecule has 3 fully saturated rings. The molecule has 234 valence electrons. The van der Waals surface area contributed by atoms with Crippen molar-refractivity contribution < 1.29 is 48.9 Å². The highest BCUT2D eigenvalue weighted by Crippen LogP contribution is 2.31. The summed E-state index contributed by atoms with van der Waals surface area (Å²) >= 11 is 0. The first kappa shape index (κ1) is 33.5. The van der Waals surface area contributed by atoms with Gasteiger partial charge in [0, 0.05) is 25.0 Å². The molecule has 0 radical (unpaired) electrons. The van der Waals surface area contributed by atoms with Crippen LogP contribution in [-0.4, -0.2) is 125 Å². The summed E-state index contributed by atoms with van der Waals surface area (Å²) in [6, 6.07) is -3.38. The van der Waals surface area contributed by atoms with E-state index in [4.69, 9.17) is 52.4 Å². The first-order valence-corrected chi connectivity index (χ1v) is 14.2. The van der Waals surface area contributed by atoms with Gasteiger partial charge in [-0.05, 0) is 19.3 Å². The average molecular weight is 580 g/mol. The van der Waals surface area contributed by atoms with Gasteiger partial charge in [0.2, 0.25) is 0 Å². The van der Waals surface area contributed by atoms with E-state index in [0.29, 0.717) is 6.42 Å². The third kappa shape index (κ3) is 8.28. The van der Waals surface area contributed by atoms with Gasteiger partial charge >= 0.3 is 5.97 Å². The van der Waals surface area contributed by atoms with Gasteiger partial charge in [-0.15, -0.1) is 0 Å². The molecule has 0 aromatic carbocycles. The molecule has 14 atom stereocenters. The van der Waals surface area contributed by atoms with Crippen molar-refractivity contribution >= 4 is 5.97 Å². The molecule has 15 nitrogen and oxygen atoms in total. The van der Waals surface area contributed by atoms with E-state index in [9.17, 15) is 25.2 Å². The van der Waals surface area contributed by atoms with Crippen molar-refractivity contribution in [2.75, 3.05) is 13.2 Å². The number of unbranched alkanes of at least 4 members (excludes halogenated alkanes) is 3. The van der Waals surface area contributed by atoms with E-state index in [1.54, 1.807) is 0 Å². The van der Waals surface area contributed by atoms with Gasteiger partial charge in [-0.25, -0.2) is 0 Å². The molecule has 14 N–H and O–H groups in total. The van der Waals surface area contributed by atoms with Crippen LogP contribution in [0.15, 0.2) is 0 Å². The minimum Gasteiger partial charge on any atom is -0.463 e. The number of ether oxygens (including phenoxy) is 5. The second-order valence-corrected chi connectivity index (χ2v) is 11.1. The Morgan fingerprint density at radius 2 is 1.43 bits per heavy atom. The van der Waals surface area contributed by atoms with Crippen molar-refractivity contribution in [1.29, 1.82) is 0 Å². The van der Waals surface area contributed by atoms with Crippen LogP contribution >= 0.6 is 0 Å². The molecule has 3 aliphatic rings.